The van der Waals surface area contributed by atoms with E-state index in [-0.39, 0.29) is 30.2 Å². The van der Waals surface area contributed by atoms with E-state index in [1.165, 1.54) is 18.7 Å². The second-order valence-corrected chi connectivity index (χ2v) is 9.49. The first-order chi connectivity index (χ1) is 17.4. The first-order valence-electron chi connectivity index (χ1n) is 12.4. The third kappa shape index (κ3) is 6.87. The van der Waals surface area contributed by atoms with Crippen molar-refractivity contribution >= 4 is 17.6 Å². The predicted molar refractivity (Wildman–Crippen MR) is 139 cm³/mol. The Morgan fingerprint density at radius 1 is 0.917 bits per heavy atom. The molecular formula is C30H33NO5. The van der Waals surface area contributed by atoms with Gasteiger partial charge in [0.15, 0.2) is 11.5 Å². The average Bonchev–Trinajstić information content (AvgIpc) is 2.85. The highest BCUT2D eigenvalue weighted by Gasteiger charge is 2.25. The van der Waals surface area contributed by atoms with Crippen molar-refractivity contribution in [1.29, 1.82) is 0 Å². The monoisotopic (exact) mass is 487 g/mol. The number of ether oxygens (including phenoxy) is 2. The molecule has 0 aliphatic heterocycles. The number of hydrogen-bond acceptors (Lipinski definition) is 5. The number of hydrogen-bond donors (Lipinski definition) is 2. The molecule has 0 saturated heterocycles. The van der Waals surface area contributed by atoms with Crippen molar-refractivity contribution < 1.29 is 24.2 Å². The van der Waals surface area contributed by atoms with Crippen LogP contribution in [0.15, 0.2) is 66.7 Å². The first-order valence-corrected chi connectivity index (χ1v) is 12.4. The number of methoxy groups -OCH3 is 1. The molecule has 3 aromatic carbocycles. The molecule has 0 spiro atoms. The number of benzene rings is 3. The minimum Gasteiger partial charge on any atom is -0.504 e. The summed E-state index contributed by atoms with van der Waals surface area (Å²) in [6.45, 7) is 2.02. The molecular weight excluding hydrogens is 454 g/mol. The van der Waals surface area contributed by atoms with Gasteiger partial charge < -0.3 is 19.9 Å². The molecule has 1 amide bonds. The van der Waals surface area contributed by atoms with Crippen molar-refractivity contribution in [2.75, 3.05) is 12.4 Å². The second kappa shape index (κ2) is 11.8. The van der Waals surface area contributed by atoms with E-state index in [1.54, 1.807) is 12.1 Å². The van der Waals surface area contributed by atoms with E-state index in [4.69, 9.17) is 9.47 Å². The van der Waals surface area contributed by atoms with Crippen LogP contribution in [0, 0.1) is 6.92 Å². The number of phenolic OH excluding ortho intramolecular Hbond substituents is 1. The van der Waals surface area contributed by atoms with Gasteiger partial charge in [0.05, 0.1) is 20.0 Å². The number of rotatable bonds is 8. The number of amides is 1. The van der Waals surface area contributed by atoms with Crippen LogP contribution < -0.4 is 10.1 Å². The largest absolute Gasteiger partial charge is 0.504 e. The standard InChI is InChI=1S/C30H33NO5/c1-20-5-3-6-21(15-20)18-30(34)36-26-12-10-23(11-13-26)24-7-4-8-25(19-24)31-29(33)17-22-9-14-27(32)28(16-22)35-2/h3-9,14-16,19,23,26,32H,10-13,17-18H2,1-2H3,(H,31,33). The van der Waals surface area contributed by atoms with Gasteiger partial charge in [0, 0.05) is 5.69 Å². The minimum atomic E-state index is -0.167. The molecule has 36 heavy (non-hydrogen) atoms. The predicted octanol–water partition coefficient (Wildman–Crippen LogP) is 5.70. The summed E-state index contributed by atoms with van der Waals surface area (Å²) in [6, 6.07) is 20.8. The van der Waals surface area contributed by atoms with Crippen molar-refractivity contribution in [3.63, 3.8) is 0 Å². The molecule has 0 heterocycles. The molecule has 0 unspecified atom stereocenters. The highest BCUT2D eigenvalue weighted by atomic mass is 16.5. The molecule has 1 aliphatic rings. The SMILES string of the molecule is COc1cc(CC(=O)Nc2cccc(C3CCC(OC(=O)Cc4cccc(C)c4)CC3)c2)ccc1O. The maximum Gasteiger partial charge on any atom is 0.310 e. The van der Waals surface area contributed by atoms with Crippen LogP contribution in [0.3, 0.4) is 0 Å². The molecule has 188 valence electrons. The highest BCUT2D eigenvalue weighted by molar-refractivity contribution is 5.92. The van der Waals surface area contributed by atoms with Gasteiger partial charge >= 0.3 is 5.97 Å². The Hall–Kier alpha value is -3.80. The Bertz CT molecular complexity index is 1210. The van der Waals surface area contributed by atoms with Crippen molar-refractivity contribution in [3.05, 3.63) is 89.0 Å². The summed E-state index contributed by atoms with van der Waals surface area (Å²) in [5, 5.41) is 12.7. The van der Waals surface area contributed by atoms with Crippen LogP contribution in [0.1, 0.15) is 53.9 Å². The van der Waals surface area contributed by atoms with Crippen molar-refractivity contribution in [2.45, 2.75) is 57.5 Å². The minimum absolute atomic E-state index is 0.0382. The van der Waals surface area contributed by atoms with E-state index in [0.29, 0.717) is 18.1 Å². The lowest BCUT2D eigenvalue weighted by molar-refractivity contribution is -0.149. The van der Waals surface area contributed by atoms with Crippen molar-refractivity contribution in [2.24, 2.45) is 0 Å². The molecule has 3 aromatic rings. The van der Waals surface area contributed by atoms with Gasteiger partial charge in [0.1, 0.15) is 6.10 Å². The number of nitrogens with one attached hydrogen (secondary N) is 1. The van der Waals surface area contributed by atoms with Gasteiger partial charge in [-0.05, 0) is 79.5 Å². The van der Waals surface area contributed by atoms with E-state index >= 15 is 0 Å². The maximum absolute atomic E-state index is 12.6. The maximum atomic E-state index is 12.6. The number of aryl methyl sites for hydroxylation is 1. The summed E-state index contributed by atoms with van der Waals surface area (Å²) < 4.78 is 10.9. The van der Waals surface area contributed by atoms with Crippen LogP contribution in [-0.2, 0) is 27.2 Å². The zero-order valence-electron chi connectivity index (χ0n) is 20.8. The fraction of sp³-hybridized carbons (Fsp3) is 0.333. The van der Waals surface area contributed by atoms with Crippen LogP contribution >= 0.6 is 0 Å². The average molecular weight is 488 g/mol. The molecule has 0 radical (unpaired) electrons. The summed E-state index contributed by atoms with van der Waals surface area (Å²) in [6.07, 6.45) is 4.00. The Labute approximate surface area is 212 Å². The molecule has 1 saturated carbocycles. The van der Waals surface area contributed by atoms with Gasteiger partial charge in [0.2, 0.25) is 5.91 Å². The Morgan fingerprint density at radius 3 is 2.42 bits per heavy atom. The zero-order valence-corrected chi connectivity index (χ0v) is 20.8. The summed E-state index contributed by atoms with van der Waals surface area (Å²) in [7, 11) is 1.48. The lowest BCUT2D eigenvalue weighted by atomic mass is 9.82. The Balaban J connectivity index is 1.27. The molecule has 2 N–H and O–H groups in total. The van der Waals surface area contributed by atoms with E-state index in [0.717, 1.165) is 48.1 Å². The summed E-state index contributed by atoms with van der Waals surface area (Å²) in [4.78, 5) is 25.0. The molecule has 6 heteroatoms. The first kappa shape index (κ1) is 25.3. The zero-order chi connectivity index (χ0) is 25.5. The van der Waals surface area contributed by atoms with Crippen molar-refractivity contribution in [1.82, 2.24) is 0 Å². The molecule has 1 fully saturated rings. The third-order valence-corrected chi connectivity index (χ3v) is 6.65. The second-order valence-electron chi connectivity index (χ2n) is 9.49. The van der Waals surface area contributed by atoms with Crippen LogP contribution in [0.25, 0.3) is 0 Å². The van der Waals surface area contributed by atoms with Crippen molar-refractivity contribution in [3.8, 4) is 11.5 Å². The number of anilines is 1. The number of carbonyl (C=O) groups is 2. The highest BCUT2D eigenvalue weighted by Crippen LogP contribution is 2.35. The summed E-state index contributed by atoms with van der Waals surface area (Å²) in [5.41, 5.74) is 4.82. The normalized spacial score (nSPS) is 17.3. The van der Waals surface area contributed by atoms with Gasteiger partial charge in [-0.2, -0.15) is 0 Å². The van der Waals surface area contributed by atoms with Gasteiger partial charge in [0.25, 0.3) is 0 Å². The van der Waals surface area contributed by atoms with Gasteiger partial charge in [-0.15, -0.1) is 0 Å². The molecule has 0 atom stereocenters. The van der Waals surface area contributed by atoms with E-state index in [9.17, 15) is 14.7 Å². The number of esters is 1. The van der Waals surface area contributed by atoms with E-state index in [2.05, 4.69) is 11.4 Å². The third-order valence-electron chi connectivity index (χ3n) is 6.65. The van der Waals surface area contributed by atoms with Crippen LogP contribution in [0.2, 0.25) is 0 Å². The Morgan fingerprint density at radius 2 is 1.67 bits per heavy atom. The molecule has 4 rings (SSSR count). The van der Waals surface area contributed by atoms with Gasteiger partial charge in [-0.1, -0.05) is 48.0 Å². The number of carbonyl (C=O) groups excluding carboxylic acids is 2. The lowest BCUT2D eigenvalue weighted by Gasteiger charge is -2.29. The van der Waals surface area contributed by atoms with Crippen LogP contribution in [0.4, 0.5) is 5.69 Å². The number of aromatic hydroxyl groups is 1. The molecule has 0 bridgehead atoms. The molecule has 0 aromatic heterocycles. The molecule has 1 aliphatic carbocycles. The number of phenols is 1. The summed E-state index contributed by atoms with van der Waals surface area (Å²) in [5.74, 6) is 0.461. The van der Waals surface area contributed by atoms with Gasteiger partial charge in [-0.25, -0.2) is 0 Å². The van der Waals surface area contributed by atoms with Crippen LogP contribution in [-0.4, -0.2) is 30.2 Å². The summed E-state index contributed by atoms with van der Waals surface area (Å²) >= 11 is 0. The quantitative estimate of drug-likeness (QED) is 0.398. The lowest BCUT2D eigenvalue weighted by Crippen LogP contribution is -2.24. The fourth-order valence-corrected chi connectivity index (χ4v) is 4.82. The molecule has 6 nitrogen and oxygen atoms in total. The smallest absolute Gasteiger partial charge is 0.310 e. The van der Waals surface area contributed by atoms with E-state index < -0.39 is 0 Å². The van der Waals surface area contributed by atoms with Gasteiger partial charge in [-0.3, -0.25) is 9.59 Å². The Kier molecular flexibility index (Phi) is 8.26. The van der Waals surface area contributed by atoms with E-state index in [1.807, 2.05) is 49.4 Å². The fourth-order valence-electron chi connectivity index (χ4n) is 4.82. The topological polar surface area (TPSA) is 84.9 Å². The van der Waals surface area contributed by atoms with Crippen LogP contribution in [0.5, 0.6) is 11.5 Å².